The van der Waals surface area contributed by atoms with Gasteiger partial charge < -0.3 is 4.90 Å². The summed E-state index contributed by atoms with van der Waals surface area (Å²) in [5.41, 5.74) is 0.467. The number of rotatable bonds is 2. The van der Waals surface area contributed by atoms with E-state index in [9.17, 15) is 8.42 Å². The molecular formula is C13H17ClN4O2S2. The minimum atomic E-state index is -2.82. The summed E-state index contributed by atoms with van der Waals surface area (Å²) < 4.78 is 27.1. The summed E-state index contributed by atoms with van der Waals surface area (Å²) in [5.74, 6) is 0.548. The lowest BCUT2D eigenvalue weighted by atomic mass is 10.0. The van der Waals surface area contributed by atoms with Crippen LogP contribution in [0.5, 0.6) is 0 Å². The van der Waals surface area contributed by atoms with Crippen LogP contribution in [0.4, 0.5) is 5.00 Å². The Bertz CT molecular complexity index is 675. The van der Waals surface area contributed by atoms with Gasteiger partial charge in [-0.05, 0) is 24.4 Å². The number of anilines is 1. The van der Waals surface area contributed by atoms with Crippen molar-refractivity contribution in [3.8, 4) is 6.07 Å². The van der Waals surface area contributed by atoms with Gasteiger partial charge in [-0.15, -0.1) is 0 Å². The minimum Gasteiger partial charge on any atom is -0.361 e. The highest BCUT2D eigenvalue weighted by Gasteiger charge is 2.31. The predicted octanol–water partition coefficient (Wildman–Crippen LogP) is 1.37. The van der Waals surface area contributed by atoms with Gasteiger partial charge in [-0.3, -0.25) is 4.90 Å². The number of aromatic nitrogens is 1. The van der Waals surface area contributed by atoms with Crippen molar-refractivity contribution in [2.24, 2.45) is 0 Å². The number of halogens is 1. The maximum Gasteiger partial charge on any atom is 0.162 e. The van der Waals surface area contributed by atoms with Crippen molar-refractivity contribution in [2.45, 2.75) is 18.9 Å². The van der Waals surface area contributed by atoms with E-state index in [2.05, 4.69) is 20.2 Å². The van der Waals surface area contributed by atoms with Crippen LogP contribution in [-0.4, -0.2) is 61.4 Å². The molecule has 0 N–H and O–H groups in total. The van der Waals surface area contributed by atoms with E-state index in [0.29, 0.717) is 24.7 Å². The maximum atomic E-state index is 11.5. The van der Waals surface area contributed by atoms with Crippen LogP contribution in [0.15, 0.2) is 0 Å². The number of piperidine rings is 1. The minimum absolute atomic E-state index is 0.274. The van der Waals surface area contributed by atoms with E-state index in [0.717, 1.165) is 30.9 Å². The molecule has 9 heteroatoms. The Morgan fingerprint density at radius 2 is 1.86 bits per heavy atom. The second-order valence-electron chi connectivity index (χ2n) is 5.67. The van der Waals surface area contributed by atoms with Crippen molar-refractivity contribution in [2.75, 3.05) is 42.6 Å². The molecule has 0 aromatic carbocycles. The lowest BCUT2D eigenvalue weighted by Crippen LogP contribution is -2.50. The van der Waals surface area contributed by atoms with Gasteiger partial charge in [0, 0.05) is 32.2 Å². The van der Waals surface area contributed by atoms with Gasteiger partial charge in [0.2, 0.25) is 0 Å². The number of hydrogen-bond donors (Lipinski definition) is 0. The van der Waals surface area contributed by atoms with Crippen LogP contribution in [0.3, 0.4) is 0 Å². The monoisotopic (exact) mass is 360 g/mol. The molecule has 0 radical (unpaired) electrons. The van der Waals surface area contributed by atoms with E-state index < -0.39 is 9.84 Å². The lowest BCUT2D eigenvalue weighted by Gasteiger charge is -2.40. The van der Waals surface area contributed by atoms with Gasteiger partial charge in [-0.1, -0.05) is 11.6 Å². The molecule has 0 amide bonds. The number of nitriles is 1. The van der Waals surface area contributed by atoms with Crippen LogP contribution in [0, 0.1) is 11.3 Å². The summed E-state index contributed by atoms with van der Waals surface area (Å²) in [6.07, 6.45) is 1.95. The fourth-order valence-electron chi connectivity index (χ4n) is 3.10. The highest BCUT2D eigenvalue weighted by atomic mass is 35.5. The third-order valence-corrected chi connectivity index (χ3v) is 7.28. The lowest BCUT2D eigenvalue weighted by molar-refractivity contribution is 0.183. The Kier molecular flexibility index (Phi) is 4.59. The van der Waals surface area contributed by atoms with Gasteiger partial charge in [0.05, 0.1) is 11.5 Å². The fourth-order valence-corrected chi connectivity index (χ4v) is 5.41. The smallest absolute Gasteiger partial charge is 0.162 e. The molecule has 0 aliphatic carbocycles. The van der Waals surface area contributed by atoms with Crippen LogP contribution in [0.1, 0.15) is 18.4 Å². The van der Waals surface area contributed by atoms with E-state index in [4.69, 9.17) is 16.9 Å². The molecular weight excluding hydrogens is 344 g/mol. The molecule has 0 bridgehead atoms. The highest BCUT2D eigenvalue weighted by molar-refractivity contribution is 7.91. The first-order valence-electron chi connectivity index (χ1n) is 7.25. The van der Waals surface area contributed by atoms with Crippen LogP contribution < -0.4 is 4.90 Å². The molecule has 1 aromatic rings. The van der Waals surface area contributed by atoms with Gasteiger partial charge in [-0.25, -0.2) is 8.42 Å². The molecule has 2 fully saturated rings. The fraction of sp³-hybridized carbons (Fsp3) is 0.692. The summed E-state index contributed by atoms with van der Waals surface area (Å²) in [6.45, 7) is 2.98. The zero-order valence-electron chi connectivity index (χ0n) is 12.0. The summed E-state index contributed by atoms with van der Waals surface area (Å²) in [5, 5.41) is 10.3. The SMILES string of the molecule is N#Cc1c(Cl)nsc1N1CCC(N2CCS(=O)(=O)CC2)CC1. The standard InChI is InChI=1S/C13H17ClN4O2S2/c14-12-11(9-15)13(21-16-12)18-3-1-10(2-4-18)17-5-7-22(19,20)8-6-17/h10H,1-8H2. The van der Waals surface area contributed by atoms with E-state index >= 15 is 0 Å². The molecule has 120 valence electrons. The first kappa shape index (κ1) is 16.0. The Morgan fingerprint density at radius 1 is 1.23 bits per heavy atom. The Hall–Kier alpha value is -0.880. The van der Waals surface area contributed by atoms with Crippen molar-refractivity contribution < 1.29 is 8.42 Å². The van der Waals surface area contributed by atoms with E-state index in [1.54, 1.807) is 0 Å². The zero-order chi connectivity index (χ0) is 15.7. The third-order valence-electron chi connectivity index (χ3n) is 4.39. The number of nitrogens with zero attached hydrogens (tertiary/aromatic N) is 4. The third kappa shape index (κ3) is 3.23. The number of sulfone groups is 1. The van der Waals surface area contributed by atoms with Crippen LogP contribution in [0.25, 0.3) is 0 Å². The molecule has 3 rings (SSSR count). The summed E-state index contributed by atoms with van der Waals surface area (Å²) in [4.78, 5) is 4.46. The molecule has 2 aliphatic rings. The number of hydrogen-bond acceptors (Lipinski definition) is 7. The van der Waals surface area contributed by atoms with E-state index in [1.807, 2.05) is 0 Å². The van der Waals surface area contributed by atoms with Gasteiger partial charge in [0.1, 0.15) is 16.6 Å². The van der Waals surface area contributed by atoms with Gasteiger partial charge in [-0.2, -0.15) is 9.64 Å². The molecule has 1 aromatic heterocycles. The predicted molar refractivity (Wildman–Crippen MR) is 87.3 cm³/mol. The molecule has 0 atom stereocenters. The summed E-state index contributed by atoms with van der Waals surface area (Å²) in [7, 11) is -2.82. The van der Waals surface area contributed by atoms with Crippen molar-refractivity contribution >= 4 is 38.0 Å². The molecule has 22 heavy (non-hydrogen) atoms. The molecule has 0 saturated carbocycles. The average Bonchev–Trinajstić information content (AvgIpc) is 2.88. The van der Waals surface area contributed by atoms with Crippen molar-refractivity contribution in [1.29, 1.82) is 5.26 Å². The first-order chi connectivity index (χ1) is 10.5. The van der Waals surface area contributed by atoms with Crippen LogP contribution in [-0.2, 0) is 9.84 Å². The molecule has 0 unspecified atom stereocenters. The van der Waals surface area contributed by atoms with Crippen LogP contribution >= 0.6 is 23.1 Å². The normalized spacial score (nSPS) is 23.4. The second-order valence-corrected chi connectivity index (χ2v) is 9.08. The van der Waals surface area contributed by atoms with Crippen LogP contribution in [0.2, 0.25) is 5.15 Å². The zero-order valence-corrected chi connectivity index (χ0v) is 14.4. The quantitative estimate of drug-likeness (QED) is 0.792. The van der Waals surface area contributed by atoms with Crippen molar-refractivity contribution in [3.05, 3.63) is 10.7 Å². The summed E-state index contributed by atoms with van der Waals surface area (Å²) >= 11 is 7.20. The molecule has 2 saturated heterocycles. The van der Waals surface area contributed by atoms with Gasteiger partial charge >= 0.3 is 0 Å². The highest BCUT2D eigenvalue weighted by Crippen LogP contribution is 2.33. The molecule has 6 nitrogen and oxygen atoms in total. The first-order valence-corrected chi connectivity index (χ1v) is 10.2. The average molecular weight is 361 g/mol. The van der Waals surface area contributed by atoms with Gasteiger partial charge in [0.15, 0.2) is 15.0 Å². The van der Waals surface area contributed by atoms with Crippen molar-refractivity contribution in [1.82, 2.24) is 9.27 Å². The topological polar surface area (TPSA) is 77.3 Å². The largest absolute Gasteiger partial charge is 0.361 e. The van der Waals surface area contributed by atoms with E-state index in [1.165, 1.54) is 11.5 Å². The summed E-state index contributed by atoms with van der Waals surface area (Å²) in [6, 6.07) is 2.55. The second kappa shape index (κ2) is 6.32. The Morgan fingerprint density at radius 3 is 2.45 bits per heavy atom. The van der Waals surface area contributed by atoms with E-state index in [-0.39, 0.29) is 16.7 Å². The molecule has 3 heterocycles. The van der Waals surface area contributed by atoms with Gasteiger partial charge in [0.25, 0.3) is 0 Å². The molecule has 2 aliphatic heterocycles. The molecule has 0 spiro atoms. The Balaban J connectivity index is 1.60. The Labute approximate surface area is 139 Å². The van der Waals surface area contributed by atoms with Crippen molar-refractivity contribution in [3.63, 3.8) is 0 Å². The maximum absolute atomic E-state index is 11.5.